The molecule has 0 aliphatic carbocycles. The summed E-state index contributed by atoms with van der Waals surface area (Å²) in [6, 6.07) is 11.8. The Morgan fingerprint density at radius 2 is 1.88 bits per heavy atom. The van der Waals surface area contributed by atoms with Crippen LogP contribution in [0, 0.1) is 20.8 Å². The zero-order valence-corrected chi connectivity index (χ0v) is 14.5. The third kappa shape index (κ3) is 3.66. The number of aryl methyl sites for hydroxylation is 2. The monoisotopic (exact) mass is 332 g/mol. The van der Waals surface area contributed by atoms with Gasteiger partial charge in [-0.3, -0.25) is 9.78 Å². The molecule has 5 heteroatoms. The standard InChI is InChI=1S/C20H20N4O/c1-14-11-12-21-13-19(14)22-20(25)10-9-18-15(2)23-24(16(18)3)17-7-5-4-6-8-17/h4-13H,1-3H3,(H,22,25)/b10-9+. The van der Waals surface area contributed by atoms with Crippen LogP contribution in [0.25, 0.3) is 11.8 Å². The molecule has 0 atom stereocenters. The molecule has 0 aliphatic heterocycles. The van der Waals surface area contributed by atoms with Crippen LogP contribution >= 0.6 is 0 Å². The van der Waals surface area contributed by atoms with Crippen LogP contribution in [0.15, 0.2) is 54.9 Å². The van der Waals surface area contributed by atoms with E-state index < -0.39 is 0 Å². The van der Waals surface area contributed by atoms with Crippen LogP contribution in [0.3, 0.4) is 0 Å². The van der Waals surface area contributed by atoms with Crippen molar-refractivity contribution >= 4 is 17.7 Å². The number of nitrogens with one attached hydrogen (secondary N) is 1. The number of para-hydroxylation sites is 1. The van der Waals surface area contributed by atoms with Gasteiger partial charge in [0.05, 0.1) is 23.3 Å². The van der Waals surface area contributed by atoms with Gasteiger partial charge in [-0.2, -0.15) is 5.10 Å². The molecule has 3 rings (SSSR count). The smallest absolute Gasteiger partial charge is 0.248 e. The van der Waals surface area contributed by atoms with Crippen molar-refractivity contribution in [3.63, 3.8) is 0 Å². The molecule has 0 unspecified atom stereocenters. The molecule has 5 nitrogen and oxygen atoms in total. The predicted molar refractivity (Wildman–Crippen MR) is 99.7 cm³/mol. The summed E-state index contributed by atoms with van der Waals surface area (Å²) in [7, 11) is 0. The first-order valence-electron chi connectivity index (χ1n) is 8.07. The van der Waals surface area contributed by atoms with Gasteiger partial charge in [0, 0.05) is 23.5 Å². The molecular formula is C20H20N4O. The van der Waals surface area contributed by atoms with E-state index in [1.807, 2.05) is 61.9 Å². The molecule has 0 radical (unpaired) electrons. The topological polar surface area (TPSA) is 59.8 Å². The summed E-state index contributed by atoms with van der Waals surface area (Å²) in [6.45, 7) is 5.87. The third-order valence-electron chi connectivity index (χ3n) is 4.05. The molecular weight excluding hydrogens is 312 g/mol. The number of carbonyl (C=O) groups is 1. The second-order valence-corrected chi connectivity index (χ2v) is 5.85. The SMILES string of the molecule is Cc1ccncc1NC(=O)/C=C/c1c(C)nn(-c2ccccc2)c1C. The zero-order valence-electron chi connectivity index (χ0n) is 14.5. The van der Waals surface area contributed by atoms with Gasteiger partial charge in [-0.25, -0.2) is 4.68 Å². The van der Waals surface area contributed by atoms with Gasteiger partial charge in [-0.1, -0.05) is 18.2 Å². The summed E-state index contributed by atoms with van der Waals surface area (Å²) in [5.41, 5.74) is 5.50. The maximum atomic E-state index is 12.2. The van der Waals surface area contributed by atoms with Gasteiger partial charge < -0.3 is 5.32 Å². The minimum Gasteiger partial charge on any atom is -0.321 e. The lowest BCUT2D eigenvalue weighted by Gasteiger charge is -2.05. The van der Waals surface area contributed by atoms with Crippen LogP contribution in [0.1, 0.15) is 22.5 Å². The van der Waals surface area contributed by atoms with E-state index in [1.54, 1.807) is 18.5 Å². The fraction of sp³-hybridized carbons (Fsp3) is 0.150. The molecule has 0 saturated heterocycles. The molecule has 1 amide bonds. The lowest BCUT2D eigenvalue weighted by molar-refractivity contribution is -0.111. The van der Waals surface area contributed by atoms with Gasteiger partial charge in [0.15, 0.2) is 0 Å². The average molecular weight is 332 g/mol. The Balaban J connectivity index is 1.81. The third-order valence-corrected chi connectivity index (χ3v) is 4.05. The number of amides is 1. The number of aromatic nitrogens is 3. The van der Waals surface area contributed by atoms with Crippen molar-refractivity contribution in [3.05, 3.63) is 77.4 Å². The van der Waals surface area contributed by atoms with E-state index >= 15 is 0 Å². The molecule has 0 spiro atoms. The summed E-state index contributed by atoms with van der Waals surface area (Å²) in [4.78, 5) is 16.2. The number of rotatable bonds is 4. The van der Waals surface area contributed by atoms with Gasteiger partial charge in [0.2, 0.25) is 5.91 Å². The maximum Gasteiger partial charge on any atom is 0.248 e. The van der Waals surface area contributed by atoms with Crippen molar-refractivity contribution < 1.29 is 4.79 Å². The molecule has 0 aliphatic rings. The number of benzene rings is 1. The van der Waals surface area contributed by atoms with Crippen molar-refractivity contribution in [1.29, 1.82) is 0 Å². The van der Waals surface area contributed by atoms with Crippen molar-refractivity contribution in [2.75, 3.05) is 5.32 Å². The number of nitrogens with zero attached hydrogens (tertiary/aromatic N) is 3. The minimum absolute atomic E-state index is 0.192. The van der Waals surface area contributed by atoms with Crippen molar-refractivity contribution in [2.24, 2.45) is 0 Å². The van der Waals surface area contributed by atoms with Gasteiger partial charge in [0.25, 0.3) is 0 Å². The second-order valence-electron chi connectivity index (χ2n) is 5.85. The Kier molecular flexibility index (Phi) is 4.75. The predicted octanol–water partition coefficient (Wildman–Crippen LogP) is 3.84. The molecule has 1 aromatic carbocycles. The molecule has 0 saturated carbocycles. The number of pyridine rings is 1. The van der Waals surface area contributed by atoms with Crippen LogP contribution in [0.5, 0.6) is 0 Å². The minimum atomic E-state index is -0.192. The van der Waals surface area contributed by atoms with Gasteiger partial charge in [-0.15, -0.1) is 0 Å². The van der Waals surface area contributed by atoms with E-state index in [4.69, 9.17) is 0 Å². The number of anilines is 1. The van der Waals surface area contributed by atoms with E-state index in [0.717, 1.165) is 28.2 Å². The van der Waals surface area contributed by atoms with E-state index in [9.17, 15) is 4.79 Å². The Bertz CT molecular complexity index is 926. The number of hydrogen-bond acceptors (Lipinski definition) is 3. The van der Waals surface area contributed by atoms with Gasteiger partial charge >= 0.3 is 0 Å². The highest BCUT2D eigenvalue weighted by Crippen LogP contribution is 2.19. The largest absolute Gasteiger partial charge is 0.321 e. The number of hydrogen-bond donors (Lipinski definition) is 1. The summed E-state index contributed by atoms with van der Waals surface area (Å²) < 4.78 is 1.89. The van der Waals surface area contributed by atoms with Crippen molar-refractivity contribution in [1.82, 2.24) is 14.8 Å². The Labute approximate surface area is 147 Å². The first-order chi connectivity index (χ1) is 12.1. The Hall–Kier alpha value is -3.21. The van der Waals surface area contributed by atoms with Crippen LogP contribution in [0.2, 0.25) is 0 Å². The summed E-state index contributed by atoms with van der Waals surface area (Å²) in [6.07, 6.45) is 6.67. The lowest BCUT2D eigenvalue weighted by Crippen LogP contribution is -2.09. The van der Waals surface area contributed by atoms with Gasteiger partial charge in [-0.05, 0) is 50.6 Å². The molecule has 2 heterocycles. The average Bonchev–Trinajstić information content (AvgIpc) is 2.90. The molecule has 2 aromatic heterocycles. The quantitative estimate of drug-likeness (QED) is 0.738. The summed E-state index contributed by atoms with van der Waals surface area (Å²) >= 11 is 0. The lowest BCUT2D eigenvalue weighted by atomic mass is 10.1. The molecule has 25 heavy (non-hydrogen) atoms. The number of carbonyl (C=O) groups excluding carboxylic acids is 1. The Morgan fingerprint density at radius 1 is 1.12 bits per heavy atom. The van der Waals surface area contributed by atoms with Crippen molar-refractivity contribution in [2.45, 2.75) is 20.8 Å². The van der Waals surface area contributed by atoms with Crippen LogP contribution in [0.4, 0.5) is 5.69 Å². The van der Waals surface area contributed by atoms with E-state index in [2.05, 4.69) is 15.4 Å². The first-order valence-corrected chi connectivity index (χ1v) is 8.07. The van der Waals surface area contributed by atoms with E-state index in [1.165, 1.54) is 6.08 Å². The van der Waals surface area contributed by atoms with E-state index in [0.29, 0.717) is 5.69 Å². The molecule has 1 N–H and O–H groups in total. The summed E-state index contributed by atoms with van der Waals surface area (Å²) in [5, 5.41) is 7.42. The van der Waals surface area contributed by atoms with Gasteiger partial charge in [0.1, 0.15) is 0 Å². The summed E-state index contributed by atoms with van der Waals surface area (Å²) in [5.74, 6) is -0.192. The molecule has 3 aromatic rings. The maximum absolute atomic E-state index is 12.2. The normalized spacial score (nSPS) is 11.0. The molecule has 126 valence electrons. The van der Waals surface area contributed by atoms with Crippen LogP contribution in [-0.2, 0) is 4.79 Å². The zero-order chi connectivity index (χ0) is 17.8. The fourth-order valence-corrected chi connectivity index (χ4v) is 2.64. The van der Waals surface area contributed by atoms with E-state index in [-0.39, 0.29) is 5.91 Å². The highest BCUT2D eigenvalue weighted by Gasteiger charge is 2.11. The molecule has 0 bridgehead atoms. The fourth-order valence-electron chi connectivity index (χ4n) is 2.64. The Morgan fingerprint density at radius 3 is 2.60 bits per heavy atom. The van der Waals surface area contributed by atoms with Crippen LogP contribution < -0.4 is 5.32 Å². The highest BCUT2D eigenvalue weighted by molar-refractivity contribution is 6.02. The first kappa shape index (κ1) is 16.6. The van der Waals surface area contributed by atoms with Crippen LogP contribution in [-0.4, -0.2) is 20.7 Å². The highest BCUT2D eigenvalue weighted by atomic mass is 16.1. The molecule has 0 fully saturated rings. The second kappa shape index (κ2) is 7.13. The van der Waals surface area contributed by atoms with Crippen molar-refractivity contribution in [3.8, 4) is 5.69 Å².